The quantitative estimate of drug-likeness (QED) is 0.534. The van der Waals surface area contributed by atoms with Crippen molar-refractivity contribution in [1.82, 2.24) is 20.2 Å². The van der Waals surface area contributed by atoms with Crippen LogP contribution in [0.15, 0.2) is 59.1 Å². The number of piperidine rings is 1. The molecule has 140 valence electrons. The molecule has 2 aromatic heterocycles. The summed E-state index contributed by atoms with van der Waals surface area (Å²) in [5.41, 5.74) is 3.18. The van der Waals surface area contributed by atoms with Crippen molar-refractivity contribution < 1.29 is 8.81 Å². The zero-order valence-electron chi connectivity index (χ0n) is 15.1. The number of rotatable bonds is 3. The van der Waals surface area contributed by atoms with Crippen LogP contribution in [-0.4, -0.2) is 33.3 Å². The average Bonchev–Trinajstić information content (AvgIpc) is 3.19. The molecule has 3 heterocycles. The van der Waals surface area contributed by atoms with E-state index in [1.807, 2.05) is 24.3 Å². The van der Waals surface area contributed by atoms with Gasteiger partial charge in [0.25, 0.3) is 0 Å². The fourth-order valence-electron chi connectivity index (χ4n) is 3.61. The number of halogens is 1. The number of para-hydroxylation sites is 2. The normalized spacial score (nSPS) is 17.2. The summed E-state index contributed by atoms with van der Waals surface area (Å²) in [4.78, 5) is 11.4. The first-order chi connectivity index (χ1) is 13.8. The fourth-order valence-corrected chi connectivity index (χ4v) is 3.61. The summed E-state index contributed by atoms with van der Waals surface area (Å²) in [7, 11) is 0. The minimum absolute atomic E-state index is 0.180. The number of anilines is 1. The van der Waals surface area contributed by atoms with Crippen molar-refractivity contribution in [3.05, 3.63) is 66.4 Å². The average molecular weight is 375 g/mol. The summed E-state index contributed by atoms with van der Waals surface area (Å²) >= 11 is 0. The molecule has 0 bridgehead atoms. The topological polar surface area (TPSA) is 67.9 Å². The van der Waals surface area contributed by atoms with Crippen molar-refractivity contribution in [2.45, 2.75) is 18.8 Å². The minimum Gasteiger partial charge on any atom is -0.440 e. The maximum absolute atomic E-state index is 13.2. The lowest BCUT2D eigenvalue weighted by Crippen LogP contribution is -2.35. The number of hydrogen-bond acceptors (Lipinski definition) is 6. The van der Waals surface area contributed by atoms with Gasteiger partial charge in [-0.15, -0.1) is 5.10 Å². The van der Waals surface area contributed by atoms with Gasteiger partial charge < -0.3 is 9.32 Å². The Hall–Kier alpha value is -3.35. The molecule has 1 aliphatic heterocycles. The van der Waals surface area contributed by atoms with Crippen molar-refractivity contribution in [2.75, 3.05) is 18.0 Å². The van der Waals surface area contributed by atoms with Gasteiger partial charge in [0.2, 0.25) is 5.95 Å². The smallest absolute Gasteiger partial charge is 0.245 e. The summed E-state index contributed by atoms with van der Waals surface area (Å²) in [6.45, 7) is 1.58. The maximum atomic E-state index is 13.2. The number of benzene rings is 2. The summed E-state index contributed by atoms with van der Waals surface area (Å²) in [6.07, 6.45) is 3.60. The summed E-state index contributed by atoms with van der Waals surface area (Å²) < 4.78 is 19.1. The molecule has 28 heavy (non-hydrogen) atoms. The van der Waals surface area contributed by atoms with E-state index in [4.69, 9.17) is 4.42 Å². The second kappa shape index (κ2) is 6.99. The first-order valence-electron chi connectivity index (χ1n) is 9.32. The Morgan fingerprint density at radius 2 is 1.89 bits per heavy atom. The van der Waals surface area contributed by atoms with E-state index < -0.39 is 0 Å². The van der Waals surface area contributed by atoms with Crippen LogP contribution in [0.1, 0.15) is 24.7 Å². The molecule has 0 spiro atoms. The molecule has 0 saturated carbocycles. The summed E-state index contributed by atoms with van der Waals surface area (Å²) in [6, 6.07) is 14.0. The third kappa shape index (κ3) is 3.19. The molecule has 0 aliphatic carbocycles. The summed E-state index contributed by atoms with van der Waals surface area (Å²) in [5, 5.41) is 8.32. The van der Waals surface area contributed by atoms with Gasteiger partial charge in [-0.25, -0.2) is 14.4 Å². The molecule has 5 rings (SSSR count). The number of nitrogens with zero attached hydrogens (tertiary/aromatic N) is 5. The van der Waals surface area contributed by atoms with Crippen LogP contribution < -0.4 is 4.90 Å². The van der Waals surface area contributed by atoms with E-state index in [0.29, 0.717) is 11.6 Å². The Kier molecular flexibility index (Phi) is 4.20. The maximum Gasteiger partial charge on any atom is 0.245 e. The van der Waals surface area contributed by atoms with Gasteiger partial charge in [0.15, 0.2) is 11.5 Å². The van der Waals surface area contributed by atoms with Gasteiger partial charge in [-0.05, 0) is 49.2 Å². The van der Waals surface area contributed by atoms with Crippen molar-refractivity contribution in [3.63, 3.8) is 0 Å². The monoisotopic (exact) mass is 375 g/mol. The molecule has 1 fully saturated rings. The third-order valence-corrected chi connectivity index (χ3v) is 5.05. The third-order valence-electron chi connectivity index (χ3n) is 5.05. The van der Waals surface area contributed by atoms with E-state index in [2.05, 4.69) is 25.1 Å². The van der Waals surface area contributed by atoms with Crippen molar-refractivity contribution in [1.29, 1.82) is 0 Å². The highest BCUT2D eigenvalue weighted by Gasteiger charge is 2.27. The second-order valence-electron chi connectivity index (χ2n) is 6.95. The molecule has 2 aromatic carbocycles. The Morgan fingerprint density at radius 3 is 2.75 bits per heavy atom. The van der Waals surface area contributed by atoms with Gasteiger partial charge in [0.05, 0.1) is 17.8 Å². The molecule has 1 unspecified atom stereocenters. The highest BCUT2D eigenvalue weighted by Crippen LogP contribution is 2.30. The highest BCUT2D eigenvalue weighted by molar-refractivity contribution is 5.72. The number of aromatic nitrogens is 4. The first-order valence-corrected chi connectivity index (χ1v) is 9.32. The predicted octanol–water partition coefficient (Wildman–Crippen LogP) is 4.20. The molecule has 1 atom stereocenters. The molecular weight excluding hydrogens is 357 g/mol. The van der Waals surface area contributed by atoms with Gasteiger partial charge in [-0.1, -0.05) is 12.1 Å². The van der Waals surface area contributed by atoms with Crippen LogP contribution in [0.5, 0.6) is 0 Å². The first kappa shape index (κ1) is 16.8. The fraction of sp³-hybridized carbons (Fsp3) is 0.238. The molecule has 6 nitrogen and oxygen atoms in total. The molecule has 0 radical (unpaired) electrons. The van der Waals surface area contributed by atoms with E-state index in [-0.39, 0.29) is 11.7 Å². The molecule has 0 N–H and O–H groups in total. The molecule has 7 heteroatoms. The Balaban J connectivity index is 1.40. The van der Waals surface area contributed by atoms with Gasteiger partial charge in [0.1, 0.15) is 11.3 Å². The van der Waals surface area contributed by atoms with Crippen molar-refractivity contribution in [2.24, 2.45) is 0 Å². The number of fused-ring (bicyclic) bond motifs is 1. The SMILES string of the molecule is Fc1ccc(-c2cnnc(N3CCCC(c4nc5ccccc5o4)C3)n2)cc1. The molecule has 0 amide bonds. The van der Waals surface area contributed by atoms with Crippen LogP contribution in [0.3, 0.4) is 0 Å². The molecule has 1 saturated heterocycles. The molecular formula is C21H18FN5O. The Bertz CT molecular complexity index is 1080. The van der Waals surface area contributed by atoms with Gasteiger partial charge in [-0.3, -0.25) is 0 Å². The largest absolute Gasteiger partial charge is 0.440 e. The van der Waals surface area contributed by atoms with E-state index >= 15 is 0 Å². The van der Waals surface area contributed by atoms with Gasteiger partial charge in [0, 0.05) is 18.7 Å². The van der Waals surface area contributed by atoms with E-state index in [1.165, 1.54) is 12.1 Å². The lowest BCUT2D eigenvalue weighted by molar-refractivity contribution is 0.410. The molecule has 4 aromatic rings. The highest BCUT2D eigenvalue weighted by atomic mass is 19.1. The van der Waals surface area contributed by atoms with E-state index in [9.17, 15) is 4.39 Å². The predicted molar refractivity (Wildman–Crippen MR) is 103 cm³/mol. The number of hydrogen-bond donors (Lipinski definition) is 0. The number of oxazole rings is 1. The Labute approximate surface area is 161 Å². The van der Waals surface area contributed by atoms with Gasteiger partial charge in [-0.2, -0.15) is 5.10 Å². The van der Waals surface area contributed by atoms with E-state index in [1.54, 1.807) is 18.3 Å². The van der Waals surface area contributed by atoms with Crippen molar-refractivity contribution >= 4 is 17.0 Å². The van der Waals surface area contributed by atoms with Crippen LogP contribution in [0, 0.1) is 5.82 Å². The Morgan fingerprint density at radius 1 is 1.04 bits per heavy atom. The zero-order chi connectivity index (χ0) is 18.9. The van der Waals surface area contributed by atoms with Gasteiger partial charge >= 0.3 is 0 Å². The van der Waals surface area contributed by atoms with Crippen LogP contribution in [0.4, 0.5) is 10.3 Å². The summed E-state index contributed by atoms with van der Waals surface area (Å²) in [5.74, 6) is 1.23. The van der Waals surface area contributed by atoms with Crippen LogP contribution in [-0.2, 0) is 0 Å². The van der Waals surface area contributed by atoms with Crippen LogP contribution >= 0.6 is 0 Å². The van der Waals surface area contributed by atoms with Crippen LogP contribution in [0.2, 0.25) is 0 Å². The lowest BCUT2D eigenvalue weighted by Gasteiger charge is -2.31. The van der Waals surface area contributed by atoms with E-state index in [0.717, 1.165) is 48.5 Å². The van der Waals surface area contributed by atoms with Crippen LogP contribution in [0.25, 0.3) is 22.4 Å². The minimum atomic E-state index is -0.275. The zero-order valence-corrected chi connectivity index (χ0v) is 15.1. The standard InChI is InChI=1S/C21H18FN5O/c22-16-9-7-14(8-10-16)18-12-23-26-21(25-18)27-11-3-4-15(13-27)20-24-17-5-1-2-6-19(17)28-20/h1-2,5-10,12,15H,3-4,11,13H2. The van der Waals surface area contributed by atoms with Crippen molar-refractivity contribution in [3.8, 4) is 11.3 Å². The molecule has 1 aliphatic rings. The lowest BCUT2D eigenvalue weighted by atomic mass is 9.98. The second-order valence-corrected chi connectivity index (χ2v) is 6.95.